The Bertz CT molecular complexity index is 520. The molecule has 0 saturated heterocycles. The second-order valence-electron chi connectivity index (χ2n) is 4.89. The highest BCUT2D eigenvalue weighted by molar-refractivity contribution is 7.80. The average Bonchev–Trinajstić information content (AvgIpc) is 3.06. The first kappa shape index (κ1) is 14.5. The maximum atomic E-state index is 11.8. The summed E-state index contributed by atoms with van der Waals surface area (Å²) in [5.74, 6) is -0.459. The molecule has 1 saturated carbocycles. The number of thiocarbonyl (C=S) groups is 1. The maximum absolute atomic E-state index is 11.8. The van der Waals surface area contributed by atoms with Crippen LogP contribution in [0.5, 0.6) is 0 Å². The highest BCUT2D eigenvalue weighted by Crippen LogP contribution is 2.17. The summed E-state index contributed by atoms with van der Waals surface area (Å²) in [6, 6.07) is 1.90. The van der Waals surface area contributed by atoms with Crippen LogP contribution < -0.4 is 16.2 Å². The number of aromatic nitrogens is 1. The standard InChI is InChI=1S/C13H18N4O2S/c1-8(18)9-6-11(14-7-9)12(19)16-17-13(20)15-10-4-2-3-5-10/h6-7,10,14H,2-5H2,1H3,(H,16,19)(H2,15,17,20). The first-order valence-corrected chi connectivity index (χ1v) is 7.03. The van der Waals surface area contributed by atoms with E-state index in [1.165, 1.54) is 32.0 Å². The van der Waals surface area contributed by atoms with Gasteiger partial charge in [0, 0.05) is 17.8 Å². The second kappa shape index (κ2) is 6.51. The number of ketones is 1. The fourth-order valence-corrected chi connectivity index (χ4v) is 2.42. The summed E-state index contributed by atoms with van der Waals surface area (Å²) in [5, 5.41) is 3.56. The Kier molecular flexibility index (Phi) is 4.73. The number of hydrogen-bond donors (Lipinski definition) is 4. The number of carbonyl (C=O) groups excluding carboxylic acids is 2. The average molecular weight is 294 g/mol. The van der Waals surface area contributed by atoms with Crippen molar-refractivity contribution in [1.82, 2.24) is 21.2 Å². The van der Waals surface area contributed by atoms with Gasteiger partial charge in [-0.2, -0.15) is 0 Å². The van der Waals surface area contributed by atoms with Gasteiger partial charge >= 0.3 is 0 Å². The third-order valence-corrected chi connectivity index (χ3v) is 3.53. The van der Waals surface area contributed by atoms with Crippen molar-refractivity contribution >= 4 is 29.0 Å². The molecule has 0 aromatic carbocycles. The summed E-state index contributed by atoms with van der Waals surface area (Å²) < 4.78 is 0. The molecule has 0 radical (unpaired) electrons. The van der Waals surface area contributed by atoms with E-state index >= 15 is 0 Å². The number of hydrazine groups is 1. The van der Waals surface area contributed by atoms with E-state index in [1.54, 1.807) is 0 Å². The summed E-state index contributed by atoms with van der Waals surface area (Å²) in [5.41, 5.74) is 5.94. The predicted molar refractivity (Wildman–Crippen MR) is 79.4 cm³/mol. The zero-order valence-electron chi connectivity index (χ0n) is 11.3. The van der Waals surface area contributed by atoms with Gasteiger partial charge < -0.3 is 10.3 Å². The number of H-pyrrole nitrogens is 1. The van der Waals surface area contributed by atoms with Crippen molar-refractivity contribution in [3.63, 3.8) is 0 Å². The van der Waals surface area contributed by atoms with Crippen LogP contribution in [0.2, 0.25) is 0 Å². The molecule has 2 rings (SSSR count). The fraction of sp³-hybridized carbons (Fsp3) is 0.462. The fourth-order valence-electron chi connectivity index (χ4n) is 2.20. The first-order valence-electron chi connectivity index (χ1n) is 6.62. The van der Waals surface area contributed by atoms with Gasteiger partial charge in [0.05, 0.1) is 0 Å². The van der Waals surface area contributed by atoms with E-state index < -0.39 is 0 Å². The van der Waals surface area contributed by atoms with Gasteiger partial charge in [0.1, 0.15) is 5.69 Å². The van der Waals surface area contributed by atoms with E-state index in [0.717, 1.165) is 12.8 Å². The number of Topliss-reactive ketones (excluding diaryl/α,β-unsaturated/α-hetero) is 1. The molecule has 0 aliphatic heterocycles. The molecule has 108 valence electrons. The van der Waals surface area contributed by atoms with Crippen LogP contribution in [0.25, 0.3) is 0 Å². The van der Waals surface area contributed by atoms with Crippen molar-refractivity contribution in [3.8, 4) is 0 Å². The van der Waals surface area contributed by atoms with Gasteiger partial charge in [-0.05, 0) is 38.0 Å². The summed E-state index contributed by atoms with van der Waals surface area (Å²) in [6.07, 6.45) is 6.14. The first-order chi connectivity index (χ1) is 9.56. The van der Waals surface area contributed by atoms with Crippen molar-refractivity contribution in [2.75, 3.05) is 0 Å². The van der Waals surface area contributed by atoms with Gasteiger partial charge in [0.2, 0.25) is 0 Å². The maximum Gasteiger partial charge on any atom is 0.286 e. The number of amides is 1. The normalized spacial score (nSPS) is 14.8. The van der Waals surface area contributed by atoms with Gasteiger partial charge in [-0.15, -0.1) is 0 Å². The third-order valence-electron chi connectivity index (χ3n) is 3.31. The van der Waals surface area contributed by atoms with E-state index in [1.807, 2.05) is 0 Å². The zero-order chi connectivity index (χ0) is 14.5. The van der Waals surface area contributed by atoms with Gasteiger partial charge in [-0.25, -0.2) is 0 Å². The van der Waals surface area contributed by atoms with Crippen molar-refractivity contribution < 1.29 is 9.59 Å². The van der Waals surface area contributed by atoms with Crippen LogP contribution in [0.4, 0.5) is 0 Å². The summed E-state index contributed by atoms with van der Waals surface area (Å²) in [7, 11) is 0. The quantitative estimate of drug-likeness (QED) is 0.383. The molecule has 6 nitrogen and oxygen atoms in total. The van der Waals surface area contributed by atoms with Crippen molar-refractivity contribution in [3.05, 3.63) is 23.5 Å². The SMILES string of the molecule is CC(=O)c1c[nH]c(C(=O)NNC(=S)NC2CCCC2)c1. The minimum Gasteiger partial charge on any atom is -0.359 e. The van der Waals surface area contributed by atoms with Crippen LogP contribution in [0, 0.1) is 0 Å². The Labute approximate surface area is 122 Å². The summed E-state index contributed by atoms with van der Waals surface area (Å²) in [4.78, 5) is 25.7. The van der Waals surface area contributed by atoms with Gasteiger partial charge in [0.15, 0.2) is 10.9 Å². The Balaban J connectivity index is 1.78. The van der Waals surface area contributed by atoms with Crippen LogP contribution in [0.3, 0.4) is 0 Å². The van der Waals surface area contributed by atoms with Crippen molar-refractivity contribution in [1.29, 1.82) is 0 Å². The predicted octanol–water partition coefficient (Wildman–Crippen LogP) is 1.27. The number of rotatable bonds is 3. The number of carbonyl (C=O) groups is 2. The van der Waals surface area contributed by atoms with Crippen LogP contribution in [0.15, 0.2) is 12.3 Å². The number of hydrogen-bond acceptors (Lipinski definition) is 3. The molecule has 1 heterocycles. The molecule has 0 atom stereocenters. The Hall–Kier alpha value is -1.89. The smallest absolute Gasteiger partial charge is 0.286 e. The monoisotopic (exact) mass is 294 g/mol. The Morgan fingerprint density at radius 2 is 2.00 bits per heavy atom. The number of nitrogens with one attached hydrogen (secondary N) is 4. The van der Waals surface area contributed by atoms with E-state index in [4.69, 9.17) is 12.2 Å². The molecule has 0 bridgehead atoms. The lowest BCUT2D eigenvalue weighted by Gasteiger charge is -2.15. The largest absolute Gasteiger partial charge is 0.359 e. The molecule has 1 aliphatic carbocycles. The third kappa shape index (κ3) is 3.80. The molecule has 1 amide bonds. The molecule has 1 fully saturated rings. The van der Waals surface area contributed by atoms with E-state index in [0.29, 0.717) is 22.4 Å². The van der Waals surface area contributed by atoms with Gasteiger partial charge in [-0.3, -0.25) is 20.4 Å². The molecule has 1 aromatic rings. The minimum absolute atomic E-state index is 0.0910. The highest BCUT2D eigenvalue weighted by atomic mass is 32.1. The molecule has 0 spiro atoms. The topological polar surface area (TPSA) is 86.0 Å². The zero-order valence-corrected chi connectivity index (χ0v) is 12.1. The lowest BCUT2D eigenvalue weighted by molar-refractivity contribution is 0.0939. The second-order valence-corrected chi connectivity index (χ2v) is 5.30. The molecule has 20 heavy (non-hydrogen) atoms. The highest BCUT2D eigenvalue weighted by Gasteiger charge is 2.16. The van der Waals surface area contributed by atoms with Gasteiger partial charge in [0.25, 0.3) is 5.91 Å². The van der Waals surface area contributed by atoms with Crippen LogP contribution in [0.1, 0.15) is 53.5 Å². The molecular weight excluding hydrogens is 276 g/mol. The van der Waals surface area contributed by atoms with Crippen LogP contribution in [-0.2, 0) is 0 Å². The van der Waals surface area contributed by atoms with Crippen LogP contribution in [-0.4, -0.2) is 27.8 Å². The molecule has 0 unspecified atom stereocenters. The lowest BCUT2D eigenvalue weighted by atomic mass is 10.2. The summed E-state index contributed by atoms with van der Waals surface area (Å²) in [6.45, 7) is 1.45. The van der Waals surface area contributed by atoms with Crippen molar-refractivity contribution in [2.45, 2.75) is 38.6 Å². The number of aromatic amines is 1. The molecule has 7 heteroatoms. The lowest BCUT2D eigenvalue weighted by Crippen LogP contribution is -2.49. The molecule has 4 N–H and O–H groups in total. The van der Waals surface area contributed by atoms with E-state index in [2.05, 4.69) is 21.2 Å². The van der Waals surface area contributed by atoms with E-state index in [-0.39, 0.29) is 11.7 Å². The Morgan fingerprint density at radius 3 is 2.60 bits per heavy atom. The Morgan fingerprint density at radius 1 is 1.30 bits per heavy atom. The minimum atomic E-state index is -0.368. The summed E-state index contributed by atoms with van der Waals surface area (Å²) >= 11 is 5.10. The van der Waals surface area contributed by atoms with Gasteiger partial charge in [-0.1, -0.05) is 12.8 Å². The molecular formula is C13H18N4O2S. The van der Waals surface area contributed by atoms with E-state index in [9.17, 15) is 9.59 Å². The molecule has 1 aliphatic rings. The van der Waals surface area contributed by atoms with Crippen LogP contribution >= 0.6 is 12.2 Å². The van der Waals surface area contributed by atoms with Crippen molar-refractivity contribution in [2.24, 2.45) is 0 Å². The molecule has 1 aromatic heterocycles.